The number of anilines is 2. The van der Waals surface area contributed by atoms with Gasteiger partial charge in [-0.15, -0.1) is 10.2 Å². The summed E-state index contributed by atoms with van der Waals surface area (Å²) in [6.07, 6.45) is -3.57. The minimum Gasteiger partial charge on any atom is -0.318 e. The fourth-order valence-corrected chi connectivity index (χ4v) is 3.14. The van der Waals surface area contributed by atoms with Gasteiger partial charge in [-0.1, -0.05) is 47.7 Å². The SMILES string of the molecule is O=C(Nc1nnc(CCc2ccccc2)s1)c1cccc(NC(=O)C(F)(F)F)c1. The first kappa shape index (κ1) is 20.5. The van der Waals surface area contributed by atoms with Crippen LogP contribution in [0.25, 0.3) is 0 Å². The van der Waals surface area contributed by atoms with Gasteiger partial charge >= 0.3 is 12.1 Å². The Kier molecular flexibility index (Phi) is 6.23. The van der Waals surface area contributed by atoms with Crippen molar-refractivity contribution in [2.24, 2.45) is 0 Å². The third-order valence-electron chi connectivity index (χ3n) is 3.80. The molecule has 0 aliphatic rings. The Bertz CT molecular complexity index is 1010. The molecule has 0 bridgehead atoms. The predicted molar refractivity (Wildman–Crippen MR) is 103 cm³/mol. The summed E-state index contributed by atoms with van der Waals surface area (Å²) in [7, 11) is 0. The molecule has 2 N–H and O–H groups in total. The number of nitrogens with zero attached hydrogens (tertiary/aromatic N) is 2. The van der Waals surface area contributed by atoms with Crippen LogP contribution in [0.1, 0.15) is 20.9 Å². The molecule has 0 aliphatic carbocycles. The molecule has 0 saturated heterocycles. The smallest absolute Gasteiger partial charge is 0.318 e. The molecule has 0 radical (unpaired) electrons. The lowest BCUT2D eigenvalue weighted by Crippen LogP contribution is -2.30. The first-order valence-electron chi connectivity index (χ1n) is 8.47. The Morgan fingerprint density at radius 1 is 0.931 bits per heavy atom. The van der Waals surface area contributed by atoms with Crippen molar-refractivity contribution >= 4 is 34.0 Å². The van der Waals surface area contributed by atoms with E-state index in [4.69, 9.17) is 0 Å². The third-order valence-corrected chi connectivity index (χ3v) is 4.70. The molecule has 6 nitrogen and oxygen atoms in total. The van der Waals surface area contributed by atoms with Gasteiger partial charge in [0.15, 0.2) is 0 Å². The summed E-state index contributed by atoms with van der Waals surface area (Å²) in [6, 6.07) is 15.0. The lowest BCUT2D eigenvalue weighted by Gasteiger charge is -2.09. The summed E-state index contributed by atoms with van der Waals surface area (Å²) < 4.78 is 37.0. The van der Waals surface area contributed by atoms with Crippen LogP contribution < -0.4 is 10.6 Å². The van der Waals surface area contributed by atoms with Gasteiger partial charge in [0.1, 0.15) is 5.01 Å². The maximum atomic E-state index is 12.3. The number of hydrogen-bond donors (Lipinski definition) is 2. The van der Waals surface area contributed by atoms with Crippen LogP contribution in [0, 0.1) is 0 Å². The van der Waals surface area contributed by atoms with Gasteiger partial charge in [-0.25, -0.2) is 0 Å². The van der Waals surface area contributed by atoms with Crippen molar-refractivity contribution in [2.75, 3.05) is 10.6 Å². The molecule has 10 heteroatoms. The van der Waals surface area contributed by atoms with E-state index in [2.05, 4.69) is 15.5 Å². The van der Waals surface area contributed by atoms with Crippen LogP contribution >= 0.6 is 11.3 Å². The molecule has 0 fully saturated rings. The monoisotopic (exact) mass is 420 g/mol. The van der Waals surface area contributed by atoms with E-state index >= 15 is 0 Å². The predicted octanol–water partition coefficient (Wildman–Crippen LogP) is 4.08. The van der Waals surface area contributed by atoms with Crippen LogP contribution in [-0.4, -0.2) is 28.2 Å². The number of rotatable bonds is 6. The highest BCUT2D eigenvalue weighted by atomic mass is 32.1. The Labute approximate surface area is 167 Å². The summed E-state index contributed by atoms with van der Waals surface area (Å²) >= 11 is 1.22. The van der Waals surface area contributed by atoms with Crippen molar-refractivity contribution in [1.29, 1.82) is 0 Å². The molecule has 150 valence electrons. The van der Waals surface area contributed by atoms with Gasteiger partial charge in [-0.05, 0) is 30.2 Å². The van der Waals surface area contributed by atoms with E-state index in [0.29, 0.717) is 6.42 Å². The van der Waals surface area contributed by atoms with E-state index in [-0.39, 0.29) is 16.4 Å². The number of hydrogen-bond acceptors (Lipinski definition) is 5. The van der Waals surface area contributed by atoms with Gasteiger partial charge in [0.2, 0.25) is 5.13 Å². The Hall–Kier alpha value is -3.27. The lowest BCUT2D eigenvalue weighted by molar-refractivity contribution is -0.167. The van der Waals surface area contributed by atoms with E-state index in [1.54, 1.807) is 5.32 Å². The quantitative estimate of drug-likeness (QED) is 0.630. The van der Waals surface area contributed by atoms with Crippen molar-refractivity contribution < 1.29 is 22.8 Å². The van der Waals surface area contributed by atoms with Crippen LogP contribution in [0.5, 0.6) is 0 Å². The number of nitrogens with one attached hydrogen (secondary N) is 2. The molecule has 29 heavy (non-hydrogen) atoms. The van der Waals surface area contributed by atoms with E-state index < -0.39 is 18.0 Å². The van der Waals surface area contributed by atoms with Crippen LogP contribution in [-0.2, 0) is 17.6 Å². The molecule has 3 aromatic rings. The number of halogens is 3. The fraction of sp³-hybridized carbons (Fsp3) is 0.158. The molecule has 2 aromatic carbocycles. The minimum absolute atomic E-state index is 0.0750. The van der Waals surface area contributed by atoms with E-state index in [9.17, 15) is 22.8 Å². The van der Waals surface area contributed by atoms with Crippen molar-refractivity contribution in [3.05, 3.63) is 70.7 Å². The fourth-order valence-electron chi connectivity index (χ4n) is 2.41. The molecule has 1 aromatic heterocycles. The summed E-state index contributed by atoms with van der Waals surface area (Å²) in [6.45, 7) is 0. The first-order valence-corrected chi connectivity index (χ1v) is 9.29. The topological polar surface area (TPSA) is 84.0 Å². The van der Waals surface area contributed by atoms with Crippen molar-refractivity contribution in [1.82, 2.24) is 10.2 Å². The van der Waals surface area contributed by atoms with Crippen LogP contribution in [0.15, 0.2) is 54.6 Å². The Morgan fingerprint density at radius 3 is 2.41 bits per heavy atom. The van der Waals surface area contributed by atoms with Gasteiger partial charge < -0.3 is 5.32 Å². The average Bonchev–Trinajstić information content (AvgIpc) is 3.14. The van der Waals surface area contributed by atoms with Gasteiger partial charge in [0.05, 0.1) is 0 Å². The zero-order chi connectivity index (χ0) is 20.9. The number of alkyl halides is 3. The number of carbonyl (C=O) groups excluding carboxylic acids is 2. The zero-order valence-corrected chi connectivity index (χ0v) is 15.7. The van der Waals surface area contributed by atoms with E-state index in [0.717, 1.165) is 23.1 Å². The average molecular weight is 420 g/mol. The number of aryl methyl sites for hydroxylation is 2. The molecule has 0 aliphatic heterocycles. The number of aromatic nitrogens is 2. The molecule has 0 saturated carbocycles. The Balaban J connectivity index is 1.60. The second kappa shape index (κ2) is 8.82. The van der Waals surface area contributed by atoms with Crippen LogP contribution in [0.3, 0.4) is 0 Å². The third kappa shape index (κ3) is 5.85. The summed E-state index contributed by atoms with van der Waals surface area (Å²) in [5, 5.41) is 13.2. The van der Waals surface area contributed by atoms with Crippen molar-refractivity contribution in [3.8, 4) is 0 Å². The van der Waals surface area contributed by atoms with Crippen molar-refractivity contribution in [2.45, 2.75) is 19.0 Å². The Morgan fingerprint density at radius 2 is 1.69 bits per heavy atom. The normalized spacial score (nSPS) is 11.1. The molecule has 0 unspecified atom stereocenters. The number of carbonyl (C=O) groups is 2. The van der Waals surface area contributed by atoms with Crippen LogP contribution in [0.4, 0.5) is 24.0 Å². The summed E-state index contributed by atoms with van der Waals surface area (Å²) in [5.41, 5.74) is 1.10. The molecular formula is C19H15F3N4O2S. The van der Waals surface area contributed by atoms with Gasteiger partial charge in [-0.3, -0.25) is 14.9 Å². The highest BCUT2D eigenvalue weighted by Gasteiger charge is 2.38. The van der Waals surface area contributed by atoms with Gasteiger partial charge in [-0.2, -0.15) is 13.2 Å². The van der Waals surface area contributed by atoms with E-state index in [1.807, 2.05) is 30.3 Å². The molecule has 0 atom stereocenters. The molecule has 0 spiro atoms. The summed E-state index contributed by atoms with van der Waals surface area (Å²) in [5.74, 6) is -2.68. The first-order chi connectivity index (χ1) is 13.8. The second-order valence-electron chi connectivity index (χ2n) is 5.97. The van der Waals surface area contributed by atoms with Gasteiger partial charge in [0.25, 0.3) is 5.91 Å². The number of amides is 2. The molecule has 2 amide bonds. The maximum absolute atomic E-state index is 12.3. The largest absolute Gasteiger partial charge is 0.471 e. The molecule has 3 rings (SSSR count). The maximum Gasteiger partial charge on any atom is 0.471 e. The van der Waals surface area contributed by atoms with Crippen LogP contribution in [0.2, 0.25) is 0 Å². The summed E-state index contributed by atoms with van der Waals surface area (Å²) in [4.78, 5) is 23.4. The second-order valence-corrected chi connectivity index (χ2v) is 7.04. The molecular weight excluding hydrogens is 405 g/mol. The number of benzene rings is 2. The highest BCUT2D eigenvalue weighted by Crippen LogP contribution is 2.21. The van der Waals surface area contributed by atoms with Gasteiger partial charge in [0, 0.05) is 17.7 Å². The zero-order valence-electron chi connectivity index (χ0n) is 14.9. The highest BCUT2D eigenvalue weighted by molar-refractivity contribution is 7.15. The minimum atomic E-state index is -5.01. The van der Waals surface area contributed by atoms with Crippen molar-refractivity contribution in [3.63, 3.8) is 0 Å². The van der Waals surface area contributed by atoms with E-state index in [1.165, 1.54) is 29.5 Å². The lowest BCUT2D eigenvalue weighted by atomic mass is 10.1. The standard InChI is InChI=1S/C19H15F3N4O2S/c20-19(21,22)17(28)23-14-8-4-7-13(11-14)16(27)24-18-26-25-15(29-18)10-9-12-5-2-1-3-6-12/h1-8,11H,9-10H2,(H,23,28)(H,24,26,27). The molecule has 1 heterocycles.